The van der Waals surface area contributed by atoms with E-state index in [0.29, 0.717) is 6.42 Å². The fraction of sp³-hybridized carbons (Fsp3) is 0.800. The number of nitrogens with zero attached hydrogens (tertiary/aromatic N) is 1. The lowest BCUT2D eigenvalue weighted by Crippen LogP contribution is -1.99. The first kappa shape index (κ1) is 7.80. The van der Waals surface area contributed by atoms with Gasteiger partial charge in [0, 0.05) is 5.75 Å². The van der Waals surface area contributed by atoms with Gasteiger partial charge in [-0.3, -0.25) is 0 Å². The van der Waals surface area contributed by atoms with Gasteiger partial charge in [0.25, 0.3) is 0 Å². The van der Waals surface area contributed by atoms with Crippen LogP contribution in [0.2, 0.25) is 0 Å². The minimum atomic E-state index is -0.268. The van der Waals surface area contributed by atoms with Gasteiger partial charge in [0.2, 0.25) is 0 Å². The maximum Gasteiger partial charge on any atom is 0.133 e. The molecule has 0 aliphatic carbocycles. The van der Waals surface area contributed by atoms with Crippen molar-refractivity contribution in [1.29, 1.82) is 5.26 Å². The average molecular weight is 131 g/mol. The molecule has 0 radical (unpaired) electrons. The summed E-state index contributed by atoms with van der Waals surface area (Å²) >= 11 is 1.18. The normalized spacial score (nSPS) is 12.6. The van der Waals surface area contributed by atoms with Crippen molar-refractivity contribution in [2.75, 3.05) is 5.75 Å². The van der Waals surface area contributed by atoms with Crippen LogP contribution in [0.15, 0.2) is 0 Å². The van der Waals surface area contributed by atoms with Gasteiger partial charge in [-0.05, 0) is 25.1 Å². The van der Waals surface area contributed by atoms with E-state index in [9.17, 15) is 0 Å². The molecule has 0 saturated carbocycles. The lowest BCUT2D eigenvalue weighted by molar-refractivity contribution is 0.192. The van der Waals surface area contributed by atoms with Crippen LogP contribution in [0, 0.1) is 10.7 Å². The van der Waals surface area contributed by atoms with Crippen LogP contribution in [0.4, 0.5) is 0 Å². The molecule has 0 spiro atoms. The monoisotopic (exact) mass is 131 g/mol. The van der Waals surface area contributed by atoms with Crippen molar-refractivity contribution < 1.29 is 5.11 Å². The Morgan fingerprint density at radius 2 is 2.50 bits per heavy atom. The predicted octanol–water partition coefficient (Wildman–Crippen LogP) is 0.972. The van der Waals surface area contributed by atoms with E-state index in [-0.39, 0.29) is 6.10 Å². The summed E-state index contributed by atoms with van der Waals surface area (Å²) in [6.07, 6.45) is 0.439. The number of hydrogen-bond donors (Lipinski definition) is 1. The molecule has 3 heteroatoms. The first-order valence-corrected chi connectivity index (χ1v) is 3.45. The zero-order valence-corrected chi connectivity index (χ0v) is 5.61. The van der Waals surface area contributed by atoms with Crippen LogP contribution < -0.4 is 0 Å². The lowest BCUT2D eigenvalue weighted by Gasteiger charge is -1.97. The SMILES string of the molecule is CC(O)CCSC#N. The van der Waals surface area contributed by atoms with E-state index in [1.807, 2.05) is 5.40 Å². The van der Waals surface area contributed by atoms with Crippen LogP contribution in [-0.4, -0.2) is 17.0 Å². The van der Waals surface area contributed by atoms with Gasteiger partial charge in [-0.1, -0.05) is 0 Å². The summed E-state index contributed by atoms with van der Waals surface area (Å²) in [5, 5.41) is 18.6. The summed E-state index contributed by atoms with van der Waals surface area (Å²) < 4.78 is 0. The van der Waals surface area contributed by atoms with E-state index in [1.54, 1.807) is 6.92 Å². The molecule has 1 atom stereocenters. The van der Waals surface area contributed by atoms with E-state index < -0.39 is 0 Å². The highest BCUT2D eigenvalue weighted by Gasteiger charge is 1.92. The van der Waals surface area contributed by atoms with Gasteiger partial charge in [0.1, 0.15) is 5.40 Å². The van der Waals surface area contributed by atoms with E-state index >= 15 is 0 Å². The minimum absolute atomic E-state index is 0.268. The molecule has 1 unspecified atom stereocenters. The molecule has 46 valence electrons. The fourth-order valence-electron chi connectivity index (χ4n) is 0.275. The van der Waals surface area contributed by atoms with Crippen LogP contribution >= 0.6 is 11.8 Å². The van der Waals surface area contributed by atoms with Crippen LogP contribution in [0.3, 0.4) is 0 Å². The summed E-state index contributed by atoms with van der Waals surface area (Å²) in [4.78, 5) is 0. The summed E-state index contributed by atoms with van der Waals surface area (Å²) in [7, 11) is 0. The zero-order valence-electron chi connectivity index (χ0n) is 4.79. The van der Waals surface area contributed by atoms with E-state index in [2.05, 4.69) is 0 Å². The Morgan fingerprint density at radius 1 is 1.88 bits per heavy atom. The van der Waals surface area contributed by atoms with Crippen molar-refractivity contribution in [2.45, 2.75) is 19.4 Å². The van der Waals surface area contributed by atoms with Crippen molar-refractivity contribution in [2.24, 2.45) is 0 Å². The Labute approximate surface area is 53.5 Å². The molecule has 0 rings (SSSR count). The Balaban J connectivity index is 2.85. The number of nitriles is 1. The van der Waals surface area contributed by atoms with Gasteiger partial charge in [0.15, 0.2) is 0 Å². The van der Waals surface area contributed by atoms with Crippen LogP contribution in [0.25, 0.3) is 0 Å². The van der Waals surface area contributed by atoms with Crippen LogP contribution in [0.5, 0.6) is 0 Å². The van der Waals surface area contributed by atoms with E-state index in [0.717, 1.165) is 5.75 Å². The number of thiocyanates is 1. The topological polar surface area (TPSA) is 44.0 Å². The summed E-state index contributed by atoms with van der Waals surface area (Å²) in [5.41, 5.74) is 0. The molecule has 0 heterocycles. The van der Waals surface area contributed by atoms with Gasteiger partial charge < -0.3 is 5.11 Å². The molecule has 0 aliphatic heterocycles. The lowest BCUT2D eigenvalue weighted by atomic mass is 10.3. The molecule has 0 aromatic heterocycles. The number of rotatable bonds is 3. The number of hydrogen-bond acceptors (Lipinski definition) is 3. The standard InChI is InChI=1S/C5H9NOS/c1-5(7)2-3-8-4-6/h5,7H,2-3H2,1H3. The first-order valence-electron chi connectivity index (χ1n) is 2.46. The maximum atomic E-state index is 8.66. The molecule has 2 nitrogen and oxygen atoms in total. The van der Waals surface area contributed by atoms with Crippen molar-refractivity contribution in [3.05, 3.63) is 0 Å². The number of aliphatic hydroxyl groups excluding tert-OH is 1. The molecule has 8 heavy (non-hydrogen) atoms. The van der Waals surface area contributed by atoms with Gasteiger partial charge in [-0.2, -0.15) is 5.26 Å². The molecule has 0 fully saturated rings. The quantitative estimate of drug-likeness (QED) is 0.458. The Morgan fingerprint density at radius 3 is 2.88 bits per heavy atom. The summed E-state index contributed by atoms with van der Waals surface area (Å²) in [6, 6.07) is 0. The van der Waals surface area contributed by atoms with Gasteiger partial charge in [-0.25, -0.2) is 0 Å². The third-order valence-corrected chi connectivity index (χ3v) is 1.27. The molecule has 0 aromatic rings. The largest absolute Gasteiger partial charge is 0.393 e. The molecule has 0 aromatic carbocycles. The number of aliphatic hydroxyl groups is 1. The highest BCUT2D eigenvalue weighted by Crippen LogP contribution is 2.00. The minimum Gasteiger partial charge on any atom is -0.393 e. The summed E-state index contributed by atoms with van der Waals surface area (Å²) in [5.74, 6) is 0.730. The average Bonchev–Trinajstić information content (AvgIpc) is 1.66. The van der Waals surface area contributed by atoms with Crippen molar-refractivity contribution >= 4 is 11.8 Å². The second kappa shape index (κ2) is 4.95. The third-order valence-electron chi connectivity index (χ3n) is 0.702. The predicted molar refractivity (Wildman–Crippen MR) is 34.4 cm³/mol. The molecule has 0 bridgehead atoms. The van der Waals surface area contributed by atoms with Crippen LogP contribution in [-0.2, 0) is 0 Å². The third kappa shape index (κ3) is 5.80. The van der Waals surface area contributed by atoms with Gasteiger partial charge in [-0.15, -0.1) is 0 Å². The maximum absolute atomic E-state index is 8.66. The first-order chi connectivity index (χ1) is 3.77. The van der Waals surface area contributed by atoms with Gasteiger partial charge in [0.05, 0.1) is 6.10 Å². The molecular weight excluding hydrogens is 122 g/mol. The highest BCUT2D eigenvalue weighted by molar-refractivity contribution is 8.03. The van der Waals surface area contributed by atoms with Crippen molar-refractivity contribution in [3.8, 4) is 5.40 Å². The zero-order chi connectivity index (χ0) is 6.41. The molecule has 1 N–H and O–H groups in total. The molecule has 0 aliphatic rings. The Bertz CT molecular complexity index is 86.9. The second-order valence-corrected chi connectivity index (χ2v) is 2.46. The Hall–Kier alpha value is -0.200. The smallest absolute Gasteiger partial charge is 0.133 e. The fourth-order valence-corrected chi connectivity index (χ4v) is 0.825. The van der Waals surface area contributed by atoms with Crippen molar-refractivity contribution in [1.82, 2.24) is 0 Å². The highest BCUT2D eigenvalue weighted by atomic mass is 32.2. The molecule has 0 amide bonds. The second-order valence-electron chi connectivity index (χ2n) is 1.58. The van der Waals surface area contributed by atoms with Crippen molar-refractivity contribution in [3.63, 3.8) is 0 Å². The number of thioether (sulfide) groups is 1. The van der Waals surface area contributed by atoms with E-state index in [1.165, 1.54) is 11.8 Å². The molecule has 0 saturated heterocycles. The molecular formula is C5H9NOS. The summed E-state index contributed by atoms with van der Waals surface area (Å²) in [6.45, 7) is 1.72. The van der Waals surface area contributed by atoms with Gasteiger partial charge >= 0.3 is 0 Å². The van der Waals surface area contributed by atoms with Crippen LogP contribution in [0.1, 0.15) is 13.3 Å². The van der Waals surface area contributed by atoms with E-state index in [4.69, 9.17) is 10.4 Å². The Kier molecular flexibility index (Phi) is 4.82.